The van der Waals surface area contributed by atoms with Crippen LogP contribution in [0, 0.1) is 5.92 Å². The van der Waals surface area contributed by atoms with Crippen molar-refractivity contribution in [1.82, 2.24) is 14.5 Å². The van der Waals surface area contributed by atoms with Gasteiger partial charge in [-0.15, -0.1) is 0 Å². The molecule has 0 aliphatic carbocycles. The van der Waals surface area contributed by atoms with Crippen LogP contribution in [0.25, 0.3) is 0 Å². The highest BCUT2D eigenvalue weighted by Crippen LogP contribution is 2.21. The molecule has 0 bridgehead atoms. The Kier molecular flexibility index (Phi) is 5.17. The molecule has 1 saturated heterocycles. The molecule has 1 fully saturated rings. The Balaban J connectivity index is 1.84. The van der Waals surface area contributed by atoms with Gasteiger partial charge >= 0.3 is 0 Å². The van der Waals surface area contributed by atoms with Gasteiger partial charge in [-0.05, 0) is 12.3 Å². The maximum atomic E-state index is 12.3. The number of aryl methyl sites for hydroxylation is 2. The Labute approximate surface area is 121 Å². The zero-order valence-corrected chi connectivity index (χ0v) is 12.6. The first-order chi connectivity index (χ1) is 9.65. The van der Waals surface area contributed by atoms with Crippen molar-refractivity contribution in [3.63, 3.8) is 0 Å². The van der Waals surface area contributed by atoms with Crippen LogP contribution in [0.5, 0.6) is 0 Å². The normalized spacial score (nSPS) is 22.4. The van der Waals surface area contributed by atoms with E-state index >= 15 is 0 Å². The smallest absolute Gasteiger partial charge is 0.224 e. The van der Waals surface area contributed by atoms with Crippen LogP contribution < -0.4 is 5.73 Å². The predicted octanol–water partition coefficient (Wildman–Crippen LogP) is 1.42. The van der Waals surface area contributed by atoms with Gasteiger partial charge in [-0.1, -0.05) is 20.3 Å². The molecule has 2 rings (SSSR count). The molecule has 0 saturated carbocycles. The fraction of sp³-hybridized carbons (Fsp3) is 0.733. The second kappa shape index (κ2) is 6.88. The van der Waals surface area contributed by atoms with E-state index in [1.165, 1.54) is 0 Å². The third-order valence-electron chi connectivity index (χ3n) is 4.19. The van der Waals surface area contributed by atoms with Crippen molar-refractivity contribution in [1.29, 1.82) is 0 Å². The molecule has 2 atom stereocenters. The van der Waals surface area contributed by atoms with Gasteiger partial charge in [0.05, 0.1) is 0 Å². The molecular weight excluding hydrogens is 252 g/mol. The molecule has 0 unspecified atom stereocenters. The van der Waals surface area contributed by atoms with Crippen molar-refractivity contribution in [3.05, 3.63) is 18.2 Å². The van der Waals surface area contributed by atoms with Crippen LogP contribution in [0.3, 0.4) is 0 Å². The van der Waals surface area contributed by atoms with Gasteiger partial charge < -0.3 is 15.2 Å². The van der Waals surface area contributed by atoms with E-state index in [4.69, 9.17) is 5.73 Å². The molecule has 1 aromatic heterocycles. The van der Waals surface area contributed by atoms with Crippen LogP contribution in [-0.2, 0) is 17.8 Å². The van der Waals surface area contributed by atoms with Gasteiger partial charge in [0.1, 0.15) is 5.82 Å². The van der Waals surface area contributed by atoms with Crippen LogP contribution in [0.1, 0.15) is 38.9 Å². The van der Waals surface area contributed by atoms with Gasteiger partial charge in [-0.2, -0.15) is 0 Å². The quantitative estimate of drug-likeness (QED) is 0.856. The number of imidazole rings is 1. The molecular formula is C15H26N4O. The highest BCUT2D eigenvalue weighted by Gasteiger charge is 2.31. The van der Waals surface area contributed by atoms with Crippen LogP contribution >= 0.6 is 0 Å². The Morgan fingerprint density at radius 1 is 1.45 bits per heavy atom. The summed E-state index contributed by atoms with van der Waals surface area (Å²) in [7, 11) is 0. The summed E-state index contributed by atoms with van der Waals surface area (Å²) in [5.74, 6) is 1.73. The molecule has 112 valence electrons. The Morgan fingerprint density at radius 2 is 2.25 bits per heavy atom. The van der Waals surface area contributed by atoms with Crippen molar-refractivity contribution < 1.29 is 4.79 Å². The first-order valence-electron chi connectivity index (χ1n) is 7.69. The Bertz CT molecular complexity index is 443. The average Bonchev–Trinajstić information content (AvgIpc) is 3.03. The van der Waals surface area contributed by atoms with Crippen LogP contribution in [0.4, 0.5) is 0 Å². The topological polar surface area (TPSA) is 64.2 Å². The first-order valence-corrected chi connectivity index (χ1v) is 7.69. The monoisotopic (exact) mass is 278 g/mol. The summed E-state index contributed by atoms with van der Waals surface area (Å²) in [5, 5.41) is 0. The largest absolute Gasteiger partial charge is 0.341 e. The van der Waals surface area contributed by atoms with E-state index in [-0.39, 0.29) is 11.9 Å². The van der Waals surface area contributed by atoms with Gasteiger partial charge in [0.25, 0.3) is 0 Å². The van der Waals surface area contributed by atoms with E-state index < -0.39 is 0 Å². The van der Waals surface area contributed by atoms with Crippen molar-refractivity contribution in [2.75, 3.05) is 13.1 Å². The maximum Gasteiger partial charge on any atom is 0.224 e. The summed E-state index contributed by atoms with van der Waals surface area (Å²) in [6, 6.07) is 0.151. The van der Waals surface area contributed by atoms with Gasteiger partial charge in [0, 0.05) is 50.9 Å². The van der Waals surface area contributed by atoms with Crippen LogP contribution in [0.2, 0.25) is 0 Å². The number of likely N-dealkylation sites (tertiary alicyclic amines) is 1. The summed E-state index contributed by atoms with van der Waals surface area (Å²) in [5.41, 5.74) is 6.12. The van der Waals surface area contributed by atoms with Crippen molar-refractivity contribution >= 4 is 5.91 Å². The van der Waals surface area contributed by atoms with E-state index in [1.807, 2.05) is 11.1 Å². The van der Waals surface area contributed by atoms with Gasteiger partial charge in [-0.25, -0.2) is 4.98 Å². The summed E-state index contributed by atoms with van der Waals surface area (Å²) >= 11 is 0. The molecule has 5 heteroatoms. The zero-order chi connectivity index (χ0) is 14.5. The fourth-order valence-electron chi connectivity index (χ4n) is 3.01. The maximum absolute atomic E-state index is 12.3. The van der Waals surface area contributed by atoms with Crippen molar-refractivity contribution in [2.45, 2.75) is 52.1 Å². The number of hydrogen-bond acceptors (Lipinski definition) is 3. The number of aromatic nitrogens is 2. The van der Waals surface area contributed by atoms with E-state index in [9.17, 15) is 4.79 Å². The number of carbonyl (C=O) groups excluding carboxylic acids is 1. The molecule has 0 spiro atoms. The number of rotatable bonds is 6. The number of hydrogen-bond donors (Lipinski definition) is 1. The molecule has 20 heavy (non-hydrogen) atoms. The summed E-state index contributed by atoms with van der Waals surface area (Å²) in [4.78, 5) is 18.5. The minimum absolute atomic E-state index is 0.151. The number of nitrogens with two attached hydrogens (primary N) is 1. The van der Waals surface area contributed by atoms with Gasteiger partial charge in [-0.3, -0.25) is 4.79 Å². The summed E-state index contributed by atoms with van der Waals surface area (Å²) in [6.45, 7) is 6.51. The zero-order valence-electron chi connectivity index (χ0n) is 12.6. The second-order valence-corrected chi connectivity index (χ2v) is 5.65. The third kappa shape index (κ3) is 3.39. The molecule has 1 aliphatic rings. The van der Waals surface area contributed by atoms with E-state index in [0.29, 0.717) is 25.4 Å². The van der Waals surface area contributed by atoms with E-state index in [2.05, 4.69) is 23.4 Å². The minimum Gasteiger partial charge on any atom is -0.341 e. The Hall–Kier alpha value is -1.36. The van der Waals surface area contributed by atoms with Crippen molar-refractivity contribution in [2.24, 2.45) is 11.7 Å². The SMILES string of the molecule is CCC[C@@H]1CN(C(=O)CCn2ccnc2CC)C[C@H]1N. The fourth-order valence-corrected chi connectivity index (χ4v) is 3.01. The molecule has 0 radical (unpaired) electrons. The number of carbonyl (C=O) groups is 1. The van der Waals surface area contributed by atoms with Crippen LogP contribution in [-0.4, -0.2) is 39.5 Å². The molecule has 5 nitrogen and oxygen atoms in total. The summed E-state index contributed by atoms with van der Waals surface area (Å²) < 4.78 is 2.07. The van der Waals surface area contributed by atoms with Gasteiger partial charge in [0.2, 0.25) is 5.91 Å². The van der Waals surface area contributed by atoms with Crippen molar-refractivity contribution in [3.8, 4) is 0 Å². The minimum atomic E-state index is 0.151. The van der Waals surface area contributed by atoms with Crippen LogP contribution in [0.15, 0.2) is 12.4 Å². The molecule has 1 aliphatic heterocycles. The molecule has 0 aromatic carbocycles. The summed E-state index contributed by atoms with van der Waals surface area (Å²) in [6.07, 6.45) is 7.43. The number of nitrogens with zero attached hydrogens (tertiary/aromatic N) is 3. The molecule has 2 heterocycles. The average molecular weight is 278 g/mol. The predicted molar refractivity (Wildman–Crippen MR) is 79.2 cm³/mol. The standard InChI is InChI=1S/C15H26N4O/c1-3-5-12-10-19(11-13(12)16)15(20)6-8-18-9-7-17-14(18)4-2/h7,9,12-13H,3-6,8,10-11,16H2,1-2H3/t12-,13-/m1/s1. The van der Waals surface area contributed by atoms with Gasteiger partial charge in [0.15, 0.2) is 0 Å². The lowest BCUT2D eigenvalue weighted by atomic mass is 9.99. The first kappa shape index (κ1) is 15.0. The Morgan fingerprint density at radius 3 is 2.95 bits per heavy atom. The molecule has 1 aromatic rings. The van der Waals surface area contributed by atoms with E-state index in [1.54, 1.807) is 6.20 Å². The lowest BCUT2D eigenvalue weighted by Gasteiger charge is -2.16. The van der Waals surface area contributed by atoms with E-state index in [0.717, 1.165) is 31.6 Å². The lowest BCUT2D eigenvalue weighted by molar-refractivity contribution is -0.130. The third-order valence-corrected chi connectivity index (χ3v) is 4.19. The highest BCUT2D eigenvalue weighted by molar-refractivity contribution is 5.76. The second-order valence-electron chi connectivity index (χ2n) is 5.65. The number of amides is 1. The molecule has 1 amide bonds. The molecule has 2 N–H and O–H groups in total. The lowest BCUT2D eigenvalue weighted by Crippen LogP contribution is -2.32. The highest BCUT2D eigenvalue weighted by atomic mass is 16.2.